The zero-order chi connectivity index (χ0) is 18.4. The lowest BCUT2D eigenvalue weighted by atomic mass is 9.80. The molecule has 0 N–H and O–H groups in total. The van der Waals surface area contributed by atoms with Crippen molar-refractivity contribution in [1.82, 2.24) is 4.90 Å². The van der Waals surface area contributed by atoms with E-state index in [0.717, 1.165) is 50.0 Å². The van der Waals surface area contributed by atoms with E-state index in [4.69, 9.17) is 0 Å². The number of benzene rings is 1. The molecule has 0 aliphatic heterocycles. The van der Waals surface area contributed by atoms with E-state index in [1.807, 2.05) is 55.7 Å². The Kier molecular flexibility index (Phi) is 7.03. The van der Waals surface area contributed by atoms with E-state index < -0.39 is 0 Å². The van der Waals surface area contributed by atoms with Crippen molar-refractivity contribution in [3.8, 4) is 0 Å². The molecule has 138 valence electrons. The number of carbonyl (C=O) groups is 2. The van der Waals surface area contributed by atoms with Crippen molar-refractivity contribution in [2.45, 2.75) is 53.4 Å². The first-order valence-electron chi connectivity index (χ1n) is 9.68. The highest BCUT2D eigenvalue weighted by Crippen LogP contribution is 2.32. The topological polar surface area (TPSA) is 40.6 Å². The van der Waals surface area contributed by atoms with E-state index in [9.17, 15) is 9.59 Å². The molecule has 1 saturated carbocycles. The molecule has 1 aliphatic rings. The van der Waals surface area contributed by atoms with Crippen LogP contribution in [-0.4, -0.2) is 36.3 Å². The summed E-state index contributed by atoms with van der Waals surface area (Å²) in [6.45, 7) is 10.3. The number of hydrogen-bond acceptors (Lipinski definition) is 2. The zero-order valence-corrected chi connectivity index (χ0v) is 16.1. The monoisotopic (exact) mass is 344 g/mol. The molecule has 0 aromatic heterocycles. The largest absolute Gasteiger partial charge is 0.343 e. The van der Waals surface area contributed by atoms with Gasteiger partial charge < -0.3 is 9.80 Å². The van der Waals surface area contributed by atoms with Gasteiger partial charge in [-0.2, -0.15) is 0 Å². The predicted octanol–water partition coefficient (Wildman–Crippen LogP) is 4.02. The maximum absolute atomic E-state index is 13.0. The Morgan fingerprint density at radius 3 is 1.96 bits per heavy atom. The fourth-order valence-electron chi connectivity index (χ4n) is 3.86. The fourth-order valence-corrected chi connectivity index (χ4v) is 3.86. The molecule has 1 aliphatic carbocycles. The summed E-state index contributed by atoms with van der Waals surface area (Å²) in [5, 5.41) is 0. The highest BCUT2D eigenvalue weighted by molar-refractivity contribution is 5.95. The van der Waals surface area contributed by atoms with Crippen LogP contribution in [0.3, 0.4) is 0 Å². The second-order valence-corrected chi connectivity index (χ2v) is 6.98. The lowest BCUT2D eigenvalue weighted by molar-refractivity contribution is -0.137. The van der Waals surface area contributed by atoms with Crippen LogP contribution >= 0.6 is 0 Å². The molecule has 1 aromatic rings. The molecule has 0 saturated heterocycles. The lowest BCUT2D eigenvalue weighted by Crippen LogP contribution is -2.41. The van der Waals surface area contributed by atoms with Gasteiger partial charge in [-0.05, 0) is 71.1 Å². The van der Waals surface area contributed by atoms with E-state index >= 15 is 0 Å². The average Bonchev–Trinajstić information content (AvgIpc) is 2.63. The SMILES string of the molecule is CCN(CC)C(=O)C1CCC(C(=O)N(CC)c2cccc(C)c2)CC1. The van der Waals surface area contributed by atoms with E-state index in [1.54, 1.807) is 0 Å². The van der Waals surface area contributed by atoms with Crippen molar-refractivity contribution >= 4 is 17.5 Å². The van der Waals surface area contributed by atoms with Gasteiger partial charge in [0, 0.05) is 37.2 Å². The molecule has 4 heteroatoms. The summed E-state index contributed by atoms with van der Waals surface area (Å²) in [6.07, 6.45) is 3.30. The first-order valence-corrected chi connectivity index (χ1v) is 9.68. The number of hydrogen-bond donors (Lipinski definition) is 0. The number of carbonyl (C=O) groups excluding carboxylic acids is 2. The zero-order valence-electron chi connectivity index (χ0n) is 16.1. The normalized spacial score (nSPS) is 20.2. The first kappa shape index (κ1) is 19.5. The van der Waals surface area contributed by atoms with E-state index in [2.05, 4.69) is 6.07 Å². The number of rotatable bonds is 6. The molecule has 0 atom stereocenters. The highest BCUT2D eigenvalue weighted by Gasteiger charge is 2.33. The van der Waals surface area contributed by atoms with Crippen LogP contribution in [0.1, 0.15) is 52.0 Å². The van der Waals surface area contributed by atoms with Crippen LogP contribution in [0, 0.1) is 18.8 Å². The summed E-state index contributed by atoms with van der Waals surface area (Å²) in [6, 6.07) is 8.12. The van der Waals surface area contributed by atoms with Gasteiger partial charge in [-0.1, -0.05) is 12.1 Å². The van der Waals surface area contributed by atoms with Crippen LogP contribution < -0.4 is 4.90 Å². The molecule has 4 nitrogen and oxygen atoms in total. The Bertz CT molecular complexity index is 587. The van der Waals surface area contributed by atoms with Crippen molar-refractivity contribution in [2.24, 2.45) is 11.8 Å². The van der Waals surface area contributed by atoms with Gasteiger partial charge in [-0.15, -0.1) is 0 Å². The second-order valence-electron chi connectivity index (χ2n) is 6.98. The van der Waals surface area contributed by atoms with Gasteiger partial charge in [-0.25, -0.2) is 0 Å². The van der Waals surface area contributed by atoms with Crippen molar-refractivity contribution < 1.29 is 9.59 Å². The summed E-state index contributed by atoms with van der Waals surface area (Å²) in [5.74, 6) is 0.614. The first-order chi connectivity index (χ1) is 12.0. The minimum Gasteiger partial charge on any atom is -0.343 e. The van der Waals surface area contributed by atoms with Crippen molar-refractivity contribution in [3.05, 3.63) is 29.8 Å². The van der Waals surface area contributed by atoms with E-state index in [0.29, 0.717) is 6.54 Å². The van der Waals surface area contributed by atoms with Crippen LogP contribution in [0.25, 0.3) is 0 Å². The van der Waals surface area contributed by atoms with E-state index in [1.165, 1.54) is 0 Å². The number of anilines is 1. The third-order valence-corrected chi connectivity index (χ3v) is 5.40. The van der Waals surface area contributed by atoms with Gasteiger partial charge in [0.15, 0.2) is 0 Å². The molecule has 2 rings (SSSR count). The Morgan fingerprint density at radius 1 is 0.920 bits per heavy atom. The Morgan fingerprint density at radius 2 is 1.48 bits per heavy atom. The summed E-state index contributed by atoms with van der Waals surface area (Å²) < 4.78 is 0. The standard InChI is InChI=1S/C21H32N2O2/c1-5-22(6-2)20(24)17-11-13-18(14-12-17)21(25)23(7-3)19-10-8-9-16(4)15-19/h8-10,15,17-18H,5-7,11-14H2,1-4H3. The lowest BCUT2D eigenvalue weighted by Gasteiger charge is -2.33. The maximum atomic E-state index is 13.0. The van der Waals surface area contributed by atoms with Crippen molar-refractivity contribution in [2.75, 3.05) is 24.5 Å². The van der Waals surface area contributed by atoms with Crippen LogP contribution in [-0.2, 0) is 9.59 Å². The van der Waals surface area contributed by atoms with Crippen molar-refractivity contribution in [3.63, 3.8) is 0 Å². The Hall–Kier alpha value is -1.84. The molecule has 0 heterocycles. The summed E-state index contributed by atoms with van der Waals surface area (Å²) in [4.78, 5) is 29.3. The average molecular weight is 344 g/mol. The number of aryl methyl sites for hydroxylation is 1. The third-order valence-electron chi connectivity index (χ3n) is 5.40. The van der Waals surface area contributed by atoms with Gasteiger partial charge >= 0.3 is 0 Å². The van der Waals surface area contributed by atoms with Crippen LogP contribution in [0.5, 0.6) is 0 Å². The summed E-state index contributed by atoms with van der Waals surface area (Å²) >= 11 is 0. The third kappa shape index (κ3) is 4.62. The molecule has 25 heavy (non-hydrogen) atoms. The van der Waals surface area contributed by atoms with Gasteiger partial charge in [0.05, 0.1) is 0 Å². The fraction of sp³-hybridized carbons (Fsp3) is 0.619. The molecule has 0 spiro atoms. The predicted molar refractivity (Wildman–Crippen MR) is 103 cm³/mol. The molecule has 2 amide bonds. The molecule has 1 aromatic carbocycles. The quantitative estimate of drug-likeness (QED) is 0.782. The number of nitrogens with zero attached hydrogens (tertiary/aromatic N) is 2. The van der Waals surface area contributed by atoms with Gasteiger partial charge in [0.1, 0.15) is 0 Å². The number of amides is 2. The van der Waals surface area contributed by atoms with Gasteiger partial charge in [0.25, 0.3) is 0 Å². The molecule has 0 bridgehead atoms. The Balaban J connectivity index is 1.99. The second kappa shape index (κ2) is 9.02. The molecular formula is C21H32N2O2. The van der Waals surface area contributed by atoms with Crippen LogP contribution in [0.4, 0.5) is 5.69 Å². The maximum Gasteiger partial charge on any atom is 0.230 e. The summed E-state index contributed by atoms with van der Waals surface area (Å²) in [7, 11) is 0. The summed E-state index contributed by atoms with van der Waals surface area (Å²) in [5.41, 5.74) is 2.14. The van der Waals surface area contributed by atoms with Crippen LogP contribution in [0.15, 0.2) is 24.3 Å². The molecular weight excluding hydrogens is 312 g/mol. The smallest absolute Gasteiger partial charge is 0.230 e. The highest BCUT2D eigenvalue weighted by atomic mass is 16.2. The molecule has 0 unspecified atom stereocenters. The van der Waals surface area contributed by atoms with Crippen molar-refractivity contribution in [1.29, 1.82) is 0 Å². The van der Waals surface area contributed by atoms with Gasteiger partial charge in [0.2, 0.25) is 11.8 Å². The Labute approximate surface area is 152 Å². The van der Waals surface area contributed by atoms with E-state index in [-0.39, 0.29) is 23.7 Å². The minimum absolute atomic E-state index is 0.0428. The molecule has 0 radical (unpaired) electrons. The van der Waals surface area contributed by atoms with Gasteiger partial charge in [-0.3, -0.25) is 9.59 Å². The minimum atomic E-state index is 0.0428. The van der Waals surface area contributed by atoms with Crippen LogP contribution in [0.2, 0.25) is 0 Å². The molecule has 1 fully saturated rings.